The summed E-state index contributed by atoms with van der Waals surface area (Å²) in [4.78, 5) is 19.2. The number of nitrogens with zero attached hydrogens (tertiary/aromatic N) is 7. The van der Waals surface area contributed by atoms with Crippen molar-refractivity contribution < 1.29 is 9.53 Å². The molecule has 3 heterocycles. The summed E-state index contributed by atoms with van der Waals surface area (Å²) >= 11 is 0. The molecule has 36 heavy (non-hydrogen) atoms. The Hall–Kier alpha value is -4.19. The van der Waals surface area contributed by atoms with Gasteiger partial charge < -0.3 is 9.30 Å². The molecule has 1 aliphatic carbocycles. The summed E-state index contributed by atoms with van der Waals surface area (Å²) < 4.78 is 9.92. The molecule has 1 saturated heterocycles. The van der Waals surface area contributed by atoms with E-state index in [1.807, 2.05) is 55.0 Å². The molecule has 0 bridgehead atoms. The van der Waals surface area contributed by atoms with Crippen molar-refractivity contribution >= 4 is 17.1 Å². The Bertz CT molecular complexity index is 1470. The van der Waals surface area contributed by atoms with Gasteiger partial charge in [0.05, 0.1) is 54.0 Å². The molecule has 6 rings (SSSR count). The number of benzene rings is 2. The van der Waals surface area contributed by atoms with Crippen molar-refractivity contribution in [2.75, 3.05) is 6.54 Å². The number of carbonyl (C=O) groups is 1. The first-order valence-corrected chi connectivity index (χ1v) is 12.2. The Labute approximate surface area is 208 Å². The first-order chi connectivity index (χ1) is 17.4. The molecule has 9 nitrogen and oxygen atoms in total. The lowest BCUT2D eigenvalue weighted by Gasteiger charge is -2.43. The van der Waals surface area contributed by atoms with Crippen LogP contribution >= 0.6 is 0 Å². The largest absolute Gasteiger partial charge is 0.441 e. The van der Waals surface area contributed by atoms with E-state index >= 15 is 0 Å². The number of aromatic nitrogens is 5. The minimum Gasteiger partial charge on any atom is -0.441 e. The average Bonchev–Trinajstić information content (AvgIpc) is 3.57. The first-order valence-electron chi connectivity index (χ1n) is 12.2. The van der Waals surface area contributed by atoms with Crippen LogP contribution in [-0.4, -0.2) is 47.7 Å². The maximum absolute atomic E-state index is 12.9. The second-order valence-electron chi connectivity index (χ2n) is 10.4. The third-order valence-electron chi connectivity index (χ3n) is 7.42. The number of hydrogen-bond donors (Lipinski definition) is 0. The van der Waals surface area contributed by atoms with E-state index in [1.165, 1.54) is 0 Å². The molecule has 2 aromatic carbocycles. The van der Waals surface area contributed by atoms with Crippen LogP contribution in [0.3, 0.4) is 0 Å². The van der Waals surface area contributed by atoms with Gasteiger partial charge in [-0.2, -0.15) is 5.26 Å². The van der Waals surface area contributed by atoms with E-state index in [4.69, 9.17) is 4.74 Å². The second-order valence-corrected chi connectivity index (χ2v) is 10.4. The van der Waals surface area contributed by atoms with Crippen molar-refractivity contribution in [3.05, 3.63) is 72.3 Å². The SMILES string of the molecule is CC1(Cn2cnc3ccc(C#N)cc32)CCCC2(CN(Cc3cn(-c4ccccc4)nn3)C(=O)O2)C1. The molecule has 2 aromatic heterocycles. The molecular formula is C27H27N7O2. The van der Waals surface area contributed by atoms with Gasteiger partial charge in [0, 0.05) is 6.54 Å². The highest BCUT2D eigenvalue weighted by Gasteiger charge is 2.51. The van der Waals surface area contributed by atoms with Crippen LogP contribution in [0.5, 0.6) is 0 Å². The molecular weight excluding hydrogens is 454 g/mol. The molecule has 0 radical (unpaired) electrons. The monoisotopic (exact) mass is 481 g/mol. The van der Waals surface area contributed by atoms with Crippen molar-refractivity contribution in [1.82, 2.24) is 29.4 Å². The summed E-state index contributed by atoms with van der Waals surface area (Å²) in [6.07, 6.45) is 7.06. The highest BCUT2D eigenvalue weighted by molar-refractivity contribution is 5.77. The van der Waals surface area contributed by atoms with E-state index in [0.29, 0.717) is 18.7 Å². The molecule has 0 N–H and O–H groups in total. The third-order valence-corrected chi connectivity index (χ3v) is 7.42. The van der Waals surface area contributed by atoms with Gasteiger partial charge in [-0.15, -0.1) is 5.10 Å². The van der Waals surface area contributed by atoms with E-state index in [-0.39, 0.29) is 11.5 Å². The summed E-state index contributed by atoms with van der Waals surface area (Å²) in [7, 11) is 0. The first kappa shape index (κ1) is 22.3. The summed E-state index contributed by atoms with van der Waals surface area (Å²) in [6, 6.07) is 17.6. The number of rotatable bonds is 5. The molecule has 1 amide bonds. The van der Waals surface area contributed by atoms with E-state index in [1.54, 1.807) is 15.6 Å². The number of carbonyl (C=O) groups excluding carboxylic acids is 1. The highest BCUT2D eigenvalue weighted by Crippen LogP contribution is 2.47. The van der Waals surface area contributed by atoms with Crippen molar-refractivity contribution in [3.63, 3.8) is 0 Å². The summed E-state index contributed by atoms with van der Waals surface area (Å²) in [5.41, 5.74) is 3.54. The fraction of sp³-hybridized carbons (Fsp3) is 0.370. The lowest BCUT2D eigenvalue weighted by molar-refractivity contribution is -0.0270. The number of para-hydroxylation sites is 1. The maximum atomic E-state index is 12.9. The van der Waals surface area contributed by atoms with Gasteiger partial charge in [-0.25, -0.2) is 14.5 Å². The number of nitriles is 1. The van der Waals surface area contributed by atoms with Crippen molar-refractivity contribution in [2.45, 2.75) is 51.3 Å². The Morgan fingerprint density at radius 1 is 1.17 bits per heavy atom. The molecule has 2 aliphatic rings. The topological polar surface area (TPSA) is 102 Å². The van der Waals surface area contributed by atoms with Crippen LogP contribution in [0.15, 0.2) is 61.1 Å². The van der Waals surface area contributed by atoms with Gasteiger partial charge in [-0.1, -0.05) is 30.3 Å². The second kappa shape index (κ2) is 8.48. The van der Waals surface area contributed by atoms with Crippen molar-refractivity contribution in [2.24, 2.45) is 5.41 Å². The zero-order chi connectivity index (χ0) is 24.8. The maximum Gasteiger partial charge on any atom is 0.410 e. The lowest BCUT2D eigenvalue weighted by Crippen LogP contribution is -2.44. The number of fused-ring (bicyclic) bond motifs is 1. The molecule has 2 fully saturated rings. The fourth-order valence-electron chi connectivity index (χ4n) is 5.90. The van der Waals surface area contributed by atoms with Gasteiger partial charge in [0.15, 0.2) is 0 Å². The standard InChI is InChI=1S/C27H27N7O2/c1-26(17-33-19-29-23-9-8-20(13-28)12-24(23)33)10-5-11-27(16-26)18-32(25(35)36-27)14-21-15-34(31-30-21)22-6-3-2-4-7-22/h2-4,6-9,12,15,19H,5,10-11,14,16-18H2,1H3. The number of ether oxygens (including phenoxy) is 1. The van der Waals surface area contributed by atoms with Gasteiger partial charge >= 0.3 is 6.09 Å². The number of amides is 1. The predicted octanol–water partition coefficient (Wildman–Crippen LogP) is 4.46. The Balaban J connectivity index is 1.17. The van der Waals surface area contributed by atoms with E-state index in [0.717, 1.165) is 54.6 Å². The van der Waals surface area contributed by atoms with Crippen LogP contribution in [0.4, 0.5) is 4.79 Å². The van der Waals surface area contributed by atoms with Gasteiger partial charge in [0.25, 0.3) is 0 Å². The molecule has 4 aromatic rings. The Kier molecular flexibility index (Phi) is 5.25. The quantitative estimate of drug-likeness (QED) is 0.417. The van der Waals surface area contributed by atoms with Crippen molar-refractivity contribution in [1.29, 1.82) is 5.26 Å². The highest BCUT2D eigenvalue weighted by atomic mass is 16.6. The van der Waals surface area contributed by atoms with Gasteiger partial charge in [0.2, 0.25) is 0 Å². The van der Waals surface area contributed by atoms with E-state index in [9.17, 15) is 10.1 Å². The minimum absolute atomic E-state index is 0.0682. The van der Waals surface area contributed by atoms with E-state index in [2.05, 4.69) is 32.9 Å². The van der Waals surface area contributed by atoms with Crippen LogP contribution in [0.2, 0.25) is 0 Å². The summed E-state index contributed by atoms with van der Waals surface area (Å²) in [5, 5.41) is 17.8. The Morgan fingerprint density at radius 2 is 2.03 bits per heavy atom. The zero-order valence-electron chi connectivity index (χ0n) is 20.2. The van der Waals surface area contributed by atoms with Gasteiger partial charge in [0.1, 0.15) is 11.3 Å². The van der Waals surface area contributed by atoms with E-state index < -0.39 is 5.60 Å². The molecule has 1 aliphatic heterocycles. The summed E-state index contributed by atoms with van der Waals surface area (Å²) in [6.45, 7) is 3.93. The minimum atomic E-state index is -0.506. The van der Waals surface area contributed by atoms with Gasteiger partial charge in [-0.05, 0) is 61.4 Å². The van der Waals surface area contributed by atoms with Crippen LogP contribution in [-0.2, 0) is 17.8 Å². The van der Waals surface area contributed by atoms with Crippen LogP contribution in [0.1, 0.15) is 43.9 Å². The third kappa shape index (κ3) is 4.09. The van der Waals surface area contributed by atoms with Crippen LogP contribution < -0.4 is 0 Å². The van der Waals surface area contributed by atoms with Crippen LogP contribution in [0.25, 0.3) is 16.7 Å². The Morgan fingerprint density at radius 3 is 2.86 bits per heavy atom. The summed E-state index contributed by atoms with van der Waals surface area (Å²) in [5.74, 6) is 0. The number of imidazole rings is 1. The smallest absolute Gasteiger partial charge is 0.410 e. The normalized spacial score (nSPS) is 23.8. The molecule has 2 unspecified atom stereocenters. The van der Waals surface area contributed by atoms with Crippen LogP contribution in [0, 0.1) is 16.7 Å². The molecule has 1 spiro atoms. The molecule has 9 heteroatoms. The zero-order valence-corrected chi connectivity index (χ0v) is 20.2. The molecule has 1 saturated carbocycles. The molecule has 2 atom stereocenters. The lowest BCUT2D eigenvalue weighted by atomic mass is 9.68. The van der Waals surface area contributed by atoms with Crippen molar-refractivity contribution in [3.8, 4) is 11.8 Å². The molecule has 182 valence electrons. The predicted molar refractivity (Wildman–Crippen MR) is 132 cm³/mol. The number of hydrogen-bond acceptors (Lipinski definition) is 6. The average molecular weight is 482 g/mol. The van der Waals surface area contributed by atoms with Gasteiger partial charge in [-0.3, -0.25) is 4.90 Å². The fourth-order valence-corrected chi connectivity index (χ4v) is 5.90.